The number of carbonyl (C=O) groups excluding carboxylic acids is 1. The molecule has 1 amide bonds. The van der Waals surface area contributed by atoms with Gasteiger partial charge in [-0.3, -0.25) is 4.79 Å². The van der Waals surface area contributed by atoms with Gasteiger partial charge in [0.15, 0.2) is 0 Å². The lowest BCUT2D eigenvalue weighted by molar-refractivity contribution is 0.141. The van der Waals surface area contributed by atoms with Crippen LogP contribution in [0.15, 0.2) is 65.6 Å². The van der Waals surface area contributed by atoms with Gasteiger partial charge in [-0.15, -0.1) is 0 Å². The van der Waals surface area contributed by atoms with Crippen molar-refractivity contribution >= 4 is 22.9 Å². The standard InChI is InChI=1S/C19H17N3O3/c23-18-17-9-8-14(11-16(17)12-21-22-18)7-4-10-20-19(24)25-13-15-5-2-1-3-6-15/h1-9,11-12H,10,13H2,(H,20,24)(H,22,23). The van der Waals surface area contributed by atoms with Gasteiger partial charge in [0.2, 0.25) is 0 Å². The van der Waals surface area contributed by atoms with E-state index in [2.05, 4.69) is 15.5 Å². The predicted octanol–water partition coefficient (Wildman–Crippen LogP) is 2.86. The van der Waals surface area contributed by atoms with Gasteiger partial charge in [-0.05, 0) is 23.3 Å². The maximum atomic E-state index is 11.6. The molecule has 0 fully saturated rings. The second kappa shape index (κ2) is 7.92. The van der Waals surface area contributed by atoms with Crippen LogP contribution in [0.25, 0.3) is 16.8 Å². The van der Waals surface area contributed by atoms with Gasteiger partial charge >= 0.3 is 6.09 Å². The number of nitrogens with zero attached hydrogens (tertiary/aromatic N) is 1. The van der Waals surface area contributed by atoms with Crippen molar-refractivity contribution < 1.29 is 9.53 Å². The molecule has 0 spiro atoms. The SMILES string of the molecule is O=C(NCC=Cc1ccc2c(=O)[nH]ncc2c1)OCc1ccccc1. The van der Waals surface area contributed by atoms with Crippen molar-refractivity contribution in [2.45, 2.75) is 6.61 Å². The van der Waals surface area contributed by atoms with Crippen molar-refractivity contribution in [3.63, 3.8) is 0 Å². The molecule has 2 aromatic carbocycles. The molecule has 6 heteroatoms. The van der Waals surface area contributed by atoms with E-state index in [-0.39, 0.29) is 12.2 Å². The Morgan fingerprint density at radius 2 is 2.04 bits per heavy atom. The fourth-order valence-electron chi connectivity index (χ4n) is 2.33. The van der Waals surface area contributed by atoms with E-state index in [4.69, 9.17) is 4.74 Å². The Hall–Kier alpha value is -3.41. The second-order valence-corrected chi connectivity index (χ2v) is 5.39. The van der Waals surface area contributed by atoms with Crippen LogP contribution in [0.1, 0.15) is 11.1 Å². The molecule has 126 valence electrons. The average Bonchev–Trinajstić information content (AvgIpc) is 2.64. The van der Waals surface area contributed by atoms with Crippen LogP contribution in [-0.4, -0.2) is 22.8 Å². The summed E-state index contributed by atoms with van der Waals surface area (Å²) in [4.78, 5) is 23.2. The topological polar surface area (TPSA) is 84.1 Å². The fraction of sp³-hybridized carbons (Fsp3) is 0.105. The molecular formula is C19H17N3O3. The molecule has 3 aromatic rings. The van der Waals surface area contributed by atoms with Crippen molar-refractivity contribution in [1.29, 1.82) is 0 Å². The quantitative estimate of drug-likeness (QED) is 0.751. The van der Waals surface area contributed by atoms with Crippen molar-refractivity contribution in [2.75, 3.05) is 6.54 Å². The molecule has 0 aliphatic heterocycles. The number of amides is 1. The molecule has 0 radical (unpaired) electrons. The zero-order chi connectivity index (χ0) is 17.5. The highest BCUT2D eigenvalue weighted by molar-refractivity contribution is 5.83. The average molecular weight is 335 g/mol. The smallest absolute Gasteiger partial charge is 0.407 e. The number of hydrogen-bond donors (Lipinski definition) is 2. The van der Waals surface area contributed by atoms with Gasteiger partial charge < -0.3 is 10.1 Å². The van der Waals surface area contributed by atoms with E-state index >= 15 is 0 Å². The third-order valence-electron chi connectivity index (χ3n) is 3.58. The highest BCUT2D eigenvalue weighted by Crippen LogP contribution is 2.12. The normalized spacial score (nSPS) is 10.9. The number of rotatable bonds is 5. The van der Waals surface area contributed by atoms with E-state index in [1.807, 2.05) is 54.6 Å². The molecule has 6 nitrogen and oxygen atoms in total. The number of benzene rings is 2. The lowest BCUT2D eigenvalue weighted by atomic mass is 10.1. The molecule has 0 bridgehead atoms. The monoisotopic (exact) mass is 335 g/mol. The van der Waals surface area contributed by atoms with Crippen LogP contribution in [0.4, 0.5) is 4.79 Å². The van der Waals surface area contributed by atoms with Crippen LogP contribution >= 0.6 is 0 Å². The molecular weight excluding hydrogens is 318 g/mol. The van der Waals surface area contributed by atoms with Crippen LogP contribution in [0.5, 0.6) is 0 Å². The second-order valence-electron chi connectivity index (χ2n) is 5.39. The lowest BCUT2D eigenvalue weighted by Crippen LogP contribution is -2.24. The Kier molecular flexibility index (Phi) is 5.21. The molecule has 1 aromatic heterocycles. The van der Waals surface area contributed by atoms with E-state index in [1.54, 1.807) is 12.3 Å². The summed E-state index contributed by atoms with van der Waals surface area (Å²) in [5.41, 5.74) is 1.64. The summed E-state index contributed by atoms with van der Waals surface area (Å²) in [5, 5.41) is 10.2. The summed E-state index contributed by atoms with van der Waals surface area (Å²) >= 11 is 0. The molecule has 0 unspecified atom stereocenters. The summed E-state index contributed by atoms with van der Waals surface area (Å²) in [6.07, 6.45) is 4.81. The van der Waals surface area contributed by atoms with Gasteiger partial charge in [0, 0.05) is 11.9 Å². The number of alkyl carbamates (subject to hydrolysis) is 1. The van der Waals surface area contributed by atoms with Gasteiger partial charge in [-0.25, -0.2) is 9.89 Å². The summed E-state index contributed by atoms with van der Waals surface area (Å²) < 4.78 is 5.12. The summed E-state index contributed by atoms with van der Waals surface area (Å²) in [7, 11) is 0. The molecule has 0 saturated carbocycles. The summed E-state index contributed by atoms with van der Waals surface area (Å²) in [6, 6.07) is 14.9. The Bertz CT molecular complexity index is 949. The van der Waals surface area contributed by atoms with E-state index in [0.717, 1.165) is 16.5 Å². The van der Waals surface area contributed by atoms with Gasteiger partial charge in [-0.2, -0.15) is 5.10 Å². The van der Waals surface area contributed by atoms with Crippen LogP contribution < -0.4 is 10.9 Å². The first-order chi connectivity index (χ1) is 12.2. The molecule has 3 rings (SSSR count). The van der Waals surface area contributed by atoms with E-state index in [9.17, 15) is 9.59 Å². The highest BCUT2D eigenvalue weighted by Gasteiger charge is 2.01. The third kappa shape index (κ3) is 4.54. The number of aromatic amines is 1. The minimum Gasteiger partial charge on any atom is -0.445 e. The molecule has 0 aliphatic rings. The molecule has 0 saturated heterocycles. The highest BCUT2D eigenvalue weighted by atomic mass is 16.5. The lowest BCUT2D eigenvalue weighted by Gasteiger charge is -2.05. The maximum absolute atomic E-state index is 11.6. The molecule has 0 atom stereocenters. The maximum Gasteiger partial charge on any atom is 0.407 e. The number of H-pyrrole nitrogens is 1. The third-order valence-corrected chi connectivity index (χ3v) is 3.58. The zero-order valence-corrected chi connectivity index (χ0v) is 13.4. The minimum atomic E-state index is -0.470. The number of aromatic nitrogens is 2. The first kappa shape index (κ1) is 16.4. The molecule has 0 aliphatic carbocycles. The molecule has 1 heterocycles. The van der Waals surface area contributed by atoms with Crippen LogP contribution in [0, 0.1) is 0 Å². The van der Waals surface area contributed by atoms with E-state index in [0.29, 0.717) is 11.9 Å². The Morgan fingerprint density at radius 1 is 1.20 bits per heavy atom. The first-order valence-corrected chi connectivity index (χ1v) is 7.81. The summed E-state index contributed by atoms with van der Waals surface area (Å²) in [6.45, 7) is 0.585. The van der Waals surface area contributed by atoms with Crippen molar-refractivity contribution in [1.82, 2.24) is 15.5 Å². The van der Waals surface area contributed by atoms with Gasteiger partial charge in [0.25, 0.3) is 5.56 Å². The first-order valence-electron chi connectivity index (χ1n) is 7.81. The van der Waals surface area contributed by atoms with Crippen molar-refractivity contribution in [3.05, 3.63) is 82.3 Å². The van der Waals surface area contributed by atoms with Gasteiger partial charge in [0.1, 0.15) is 6.61 Å². The number of carbonyl (C=O) groups is 1. The molecule has 25 heavy (non-hydrogen) atoms. The van der Waals surface area contributed by atoms with E-state index < -0.39 is 6.09 Å². The Balaban J connectivity index is 1.50. The number of ether oxygens (including phenoxy) is 1. The van der Waals surface area contributed by atoms with Crippen LogP contribution in [0.2, 0.25) is 0 Å². The summed E-state index contributed by atoms with van der Waals surface area (Å²) in [5.74, 6) is 0. The minimum absolute atomic E-state index is 0.212. The number of nitrogens with one attached hydrogen (secondary N) is 2. The number of hydrogen-bond acceptors (Lipinski definition) is 4. The van der Waals surface area contributed by atoms with Crippen LogP contribution in [-0.2, 0) is 11.3 Å². The Labute approximate surface area is 144 Å². The van der Waals surface area contributed by atoms with Crippen molar-refractivity contribution in [3.8, 4) is 0 Å². The molecule has 2 N–H and O–H groups in total. The zero-order valence-electron chi connectivity index (χ0n) is 13.4. The van der Waals surface area contributed by atoms with Crippen LogP contribution in [0.3, 0.4) is 0 Å². The number of fused-ring (bicyclic) bond motifs is 1. The largest absolute Gasteiger partial charge is 0.445 e. The van der Waals surface area contributed by atoms with Crippen molar-refractivity contribution in [2.24, 2.45) is 0 Å². The van der Waals surface area contributed by atoms with Gasteiger partial charge in [0.05, 0.1) is 11.6 Å². The van der Waals surface area contributed by atoms with E-state index in [1.165, 1.54) is 0 Å². The fourth-order valence-corrected chi connectivity index (χ4v) is 2.33. The van der Waals surface area contributed by atoms with Gasteiger partial charge in [-0.1, -0.05) is 48.6 Å². The predicted molar refractivity (Wildman–Crippen MR) is 96.0 cm³/mol. The Morgan fingerprint density at radius 3 is 2.88 bits per heavy atom.